The van der Waals surface area contributed by atoms with Crippen LogP contribution in [0.15, 0.2) is 72.9 Å². The van der Waals surface area contributed by atoms with Crippen molar-refractivity contribution in [3.8, 4) is 11.5 Å². The van der Waals surface area contributed by atoms with E-state index in [1.165, 1.54) is 0 Å². The molecule has 0 spiro atoms. The lowest BCUT2D eigenvalue weighted by molar-refractivity contribution is 0.0733. The van der Waals surface area contributed by atoms with Gasteiger partial charge in [-0.1, -0.05) is 24.3 Å². The molecule has 1 saturated heterocycles. The highest BCUT2D eigenvalue weighted by molar-refractivity contribution is 5.94. The SMILES string of the molecule is O=C(c1ccc(OC2CCN(Cc3ccccn3)CC2)cc1)N1CCOc2ccccc2C1. The number of rotatable bonds is 5. The Bertz CT molecular complexity index is 1060. The van der Waals surface area contributed by atoms with Gasteiger partial charge in [0.2, 0.25) is 0 Å². The molecular formula is C27H29N3O3. The zero-order chi connectivity index (χ0) is 22.5. The molecule has 6 heteroatoms. The summed E-state index contributed by atoms with van der Waals surface area (Å²) in [6.45, 7) is 4.51. The van der Waals surface area contributed by atoms with E-state index >= 15 is 0 Å². The number of carbonyl (C=O) groups excluding carboxylic acids is 1. The molecule has 170 valence electrons. The molecule has 3 aromatic rings. The molecule has 0 aliphatic carbocycles. The highest BCUT2D eigenvalue weighted by atomic mass is 16.5. The Morgan fingerprint density at radius 3 is 2.55 bits per heavy atom. The van der Waals surface area contributed by atoms with Crippen molar-refractivity contribution in [2.75, 3.05) is 26.2 Å². The second kappa shape index (κ2) is 10.0. The summed E-state index contributed by atoms with van der Waals surface area (Å²) >= 11 is 0. The van der Waals surface area contributed by atoms with E-state index in [0.717, 1.165) is 55.2 Å². The number of ether oxygens (including phenoxy) is 2. The third-order valence-corrected chi connectivity index (χ3v) is 6.29. The number of pyridine rings is 1. The zero-order valence-electron chi connectivity index (χ0n) is 18.7. The first-order valence-electron chi connectivity index (χ1n) is 11.6. The van der Waals surface area contributed by atoms with Crippen LogP contribution in [0, 0.1) is 0 Å². The molecular weight excluding hydrogens is 414 g/mol. The molecule has 2 aliphatic rings. The van der Waals surface area contributed by atoms with E-state index in [-0.39, 0.29) is 12.0 Å². The van der Waals surface area contributed by atoms with Gasteiger partial charge in [0, 0.05) is 43.5 Å². The van der Waals surface area contributed by atoms with Gasteiger partial charge in [0.15, 0.2) is 0 Å². The van der Waals surface area contributed by atoms with Crippen molar-refractivity contribution in [1.82, 2.24) is 14.8 Å². The van der Waals surface area contributed by atoms with Crippen LogP contribution in [0.2, 0.25) is 0 Å². The lowest BCUT2D eigenvalue weighted by Crippen LogP contribution is -2.38. The van der Waals surface area contributed by atoms with Gasteiger partial charge in [0.1, 0.15) is 24.2 Å². The number of fused-ring (bicyclic) bond motifs is 1. The predicted octanol–water partition coefficient (Wildman–Crippen LogP) is 4.16. The van der Waals surface area contributed by atoms with Crippen molar-refractivity contribution in [2.24, 2.45) is 0 Å². The Morgan fingerprint density at radius 2 is 1.76 bits per heavy atom. The number of para-hydroxylation sites is 1. The maximum Gasteiger partial charge on any atom is 0.254 e. The van der Waals surface area contributed by atoms with Gasteiger partial charge in [-0.25, -0.2) is 0 Å². The van der Waals surface area contributed by atoms with Crippen LogP contribution in [0.25, 0.3) is 0 Å². The fraction of sp³-hybridized carbons (Fsp3) is 0.333. The van der Waals surface area contributed by atoms with Crippen molar-refractivity contribution in [2.45, 2.75) is 32.0 Å². The molecule has 0 N–H and O–H groups in total. The number of hydrogen-bond donors (Lipinski definition) is 0. The maximum absolute atomic E-state index is 13.1. The summed E-state index contributed by atoms with van der Waals surface area (Å²) in [6, 6.07) is 21.5. The number of piperidine rings is 1. The molecule has 1 aromatic heterocycles. The first-order chi connectivity index (χ1) is 16.2. The van der Waals surface area contributed by atoms with Gasteiger partial charge < -0.3 is 14.4 Å². The van der Waals surface area contributed by atoms with Gasteiger partial charge in [-0.05, 0) is 55.3 Å². The molecule has 33 heavy (non-hydrogen) atoms. The largest absolute Gasteiger partial charge is 0.491 e. The van der Waals surface area contributed by atoms with Crippen LogP contribution in [0.4, 0.5) is 0 Å². The molecule has 0 bridgehead atoms. The van der Waals surface area contributed by atoms with Crippen LogP contribution < -0.4 is 9.47 Å². The molecule has 6 nitrogen and oxygen atoms in total. The molecule has 0 saturated carbocycles. The van der Waals surface area contributed by atoms with Crippen molar-refractivity contribution in [1.29, 1.82) is 0 Å². The van der Waals surface area contributed by atoms with E-state index in [9.17, 15) is 4.79 Å². The topological polar surface area (TPSA) is 54.9 Å². The summed E-state index contributed by atoms with van der Waals surface area (Å²) in [4.78, 5) is 21.8. The highest BCUT2D eigenvalue weighted by Gasteiger charge is 2.23. The standard InChI is InChI=1S/C27H29N3O3/c31-27(30-17-18-32-26-7-2-1-5-22(26)19-30)21-8-10-24(11-9-21)33-25-12-15-29(16-13-25)20-23-6-3-4-14-28-23/h1-11,14,25H,12-13,15-20H2. The van der Waals surface area contributed by atoms with E-state index in [4.69, 9.17) is 9.47 Å². The Morgan fingerprint density at radius 1 is 0.970 bits per heavy atom. The minimum Gasteiger partial charge on any atom is -0.491 e. The van der Waals surface area contributed by atoms with Gasteiger partial charge in [-0.3, -0.25) is 14.7 Å². The van der Waals surface area contributed by atoms with E-state index in [1.54, 1.807) is 0 Å². The second-order valence-corrected chi connectivity index (χ2v) is 8.62. The summed E-state index contributed by atoms with van der Waals surface area (Å²) in [5.74, 6) is 1.70. The fourth-order valence-electron chi connectivity index (χ4n) is 4.46. The minimum absolute atomic E-state index is 0.0182. The number of carbonyl (C=O) groups is 1. The number of nitrogens with zero attached hydrogens (tertiary/aromatic N) is 3. The third kappa shape index (κ3) is 5.34. The number of hydrogen-bond acceptors (Lipinski definition) is 5. The molecule has 0 radical (unpaired) electrons. The summed E-state index contributed by atoms with van der Waals surface area (Å²) in [6.07, 6.45) is 4.02. The quantitative estimate of drug-likeness (QED) is 0.593. The number of aromatic nitrogens is 1. The van der Waals surface area contributed by atoms with Crippen molar-refractivity contribution in [3.05, 3.63) is 89.7 Å². The molecule has 2 aromatic carbocycles. The lowest BCUT2D eigenvalue weighted by atomic mass is 10.1. The monoisotopic (exact) mass is 443 g/mol. The van der Waals surface area contributed by atoms with Crippen molar-refractivity contribution < 1.29 is 14.3 Å². The van der Waals surface area contributed by atoms with Gasteiger partial charge in [0.25, 0.3) is 5.91 Å². The Kier molecular flexibility index (Phi) is 6.53. The van der Waals surface area contributed by atoms with Gasteiger partial charge >= 0.3 is 0 Å². The first-order valence-corrected chi connectivity index (χ1v) is 11.6. The Labute approximate surface area is 194 Å². The van der Waals surface area contributed by atoms with Crippen LogP contribution in [-0.4, -0.2) is 53.0 Å². The van der Waals surface area contributed by atoms with Crippen molar-refractivity contribution in [3.63, 3.8) is 0 Å². The molecule has 1 fully saturated rings. The summed E-state index contributed by atoms with van der Waals surface area (Å²) in [7, 11) is 0. The minimum atomic E-state index is 0.0182. The van der Waals surface area contributed by atoms with Gasteiger partial charge in [-0.2, -0.15) is 0 Å². The van der Waals surface area contributed by atoms with Crippen LogP contribution in [0.5, 0.6) is 11.5 Å². The van der Waals surface area contributed by atoms with E-state index in [1.807, 2.05) is 71.8 Å². The third-order valence-electron chi connectivity index (χ3n) is 6.29. The van der Waals surface area contributed by atoms with Gasteiger partial charge in [-0.15, -0.1) is 0 Å². The number of likely N-dealkylation sites (tertiary alicyclic amines) is 1. The average Bonchev–Trinajstić information content (AvgIpc) is 3.09. The van der Waals surface area contributed by atoms with E-state index < -0.39 is 0 Å². The highest BCUT2D eigenvalue weighted by Crippen LogP contribution is 2.25. The first kappa shape index (κ1) is 21.5. The summed E-state index contributed by atoms with van der Waals surface area (Å²) in [5, 5.41) is 0. The van der Waals surface area contributed by atoms with Crippen LogP contribution in [0.3, 0.4) is 0 Å². The van der Waals surface area contributed by atoms with Crippen LogP contribution in [0.1, 0.15) is 34.5 Å². The second-order valence-electron chi connectivity index (χ2n) is 8.62. The Hall–Kier alpha value is -3.38. The summed E-state index contributed by atoms with van der Waals surface area (Å²) < 4.78 is 12.0. The normalized spacial score (nSPS) is 17.0. The van der Waals surface area contributed by atoms with Gasteiger partial charge in [0.05, 0.1) is 12.2 Å². The van der Waals surface area contributed by atoms with E-state index in [0.29, 0.717) is 25.3 Å². The predicted molar refractivity (Wildman–Crippen MR) is 126 cm³/mol. The molecule has 2 aliphatic heterocycles. The average molecular weight is 444 g/mol. The maximum atomic E-state index is 13.1. The number of benzene rings is 2. The lowest BCUT2D eigenvalue weighted by Gasteiger charge is -2.32. The van der Waals surface area contributed by atoms with Crippen LogP contribution >= 0.6 is 0 Å². The summed E-state index contributed by atoms with van der Waals surface area (Å²) in [5.41, 5.74) is 2.82. The molecule has 5 rings (SSSR count). The molecule has 3 heterocycles. The molecule has 1 amide bonds. The van der Waals surface area contributed by atoms with Crippen LogP contribution in [-0.2, 0) is 13.1 Å². The molecule has 0 unspecified atom stereocenters. The fourth-order valence-corrected chi connectivity index (χ4v) is 4.46. The Balaban J connectivity index is 1.14. The zero-order valence-corrected chi connectivity index (χ0v) is 18.7. The van der Waals surface area contributed by atoms with E-state index in [2.05, 4.69) is 16.0 Å². The van der Waals surface area contributed by atoms with Crippen molar-refractivity contribution >= 4 is 5.91 Å². The smallest absolute Gasteiger partial charge is 0.254 e. The molecule has 0 atom stereocenters. The number of amides is 1.